The third-order valence-corrected chi connectivity index (χ3v) is 4.22. The molecule has 1 aromatic heterocycles. The zero-order chi connectivity index (χ0) is 15.9. The van der Waals surface area contributed by atoms with Crippen LogP contribution in [0, 0.1) is 12.8 Å². The minimum Gasteiger partial charge on any atom is -0.342 e. The van der Waals surface area contributed by atoms with E-state index in [9.17, 15) is 13.2 Å². The first-order valence-electron chi connectivity index (χ1n) is 7.61. The van der Waals surface area contributed by atoms with Crippen LogP contribution in [0.15, 0.2) is 12.1 Å². The number of likely N-dealkylation sites (tertiary alicyclic amines) is 1. The SMILES string of the molecule is Cc1nc2c(C(F)(F)F)cc(CN3CCC[C@@H](C)C3)cc2[nH]1. The maximum Gasteiger partial charge on any atom is 0.418 e. The Balaban J connectivity index is 1.96. The van der Waals surface area contributed by atoms with Gasteiger partial charge < -0.3 is 4.98 Å². The van der Waals surface area contributed by atoms with Crippen molar-refractivity contribution in [2.45, 2.75) is 39.4 Å². The number of alkyl halides is 3. The molecule has 1 fully saturated rings. The molecule has 1 aliphatic heterocycles. The van der Waals surface area contributed by atoms with Crippen molar-refractivity contribution in [3.8, 4) is 0 Å². The van der Waals surface area contributed by atoms with Gasteiger partial charge in [-0.25, -0.2) is 4.98 Å². The van der Waals surface area contributed by atoms with Gasteiger partial charge in [-0.2, -0.15) is 13.2 Å². The fourth-order valence-corrected chi connectivity index (χ4v) is 3.30. The summed E-state index contributed by atoms with van der Waals surface area (Å²) in [7, 11) is 0. The van der Waals surface area contributed by atoms with Crippen LogP contribution in [0.4, 0.5) is 13.2 Å². The van der Waals surface area contributed by atoms with Crippen molar-refractivity contribution < 1.29 is 13.2 Å². The van der Waals surface area contributed by atoms with Gasteiger partial charge in [0.05, 0.1) is 11.1 Å². The highest BCUT2D eigenvalue weighted by Crippen LogP contribution is 2.35. The lowest BCUT2D eigenvalue weighted by molar-refractivity contribution is -0.136. The van der Waals surface area contributed by atoms with Crippen molar-refractivity contribution >= 4 is 11.0 Å². The second-order valence-corrected chi connectivity index (χ2v) is 6.34. The molecule has 1 N–H and O–H groups in total. The van der Waals surface area contributed by atoms with Crippen molar-refractivity contribution in [1.29, 1.82) is 0 Å². The van der Waals surface area contributed by atoms with Gasteiger partial charge in [-0.3, -0.25) is 4.90 Å². The quantitative estimate of drug-likeness (QED) is 0.904. The van der Waals surface area contributed by atoms with Crippen molar-refractivity contribution in [2.24, 2.45) is 5.92 Å². The molecule has 6 heteroatoms. The van der Waals surface area contributed by atoms with Crippen LogP contribution in [0.25, 0.3) is 11.0 Å². The van der Waals surface area contributed by atoms with E-state index in [0.29, 0.717) is 29.4 Å². The normalized spacial score (nSPS) is 20.7. The number of halogens is 3. The van der Waals surface area contributed by atoms with Gasteiger partial charge in [0.2, 0.25) is 0 Å². The van der Waals surface area contributed by atoms with Gasteiger partial charge in [0.15, 0.2) is 0 Å². The fraction of sp³-hybridized carbons (Fsp3) is 0.562. The lowest BCUT2D eigenvalue weighted by Gasteiger charge is -2.31. The molecule has 2 aromatic rings. The van der Waals surface area contributed by atoms with Crippen LogP contribution in [0.1, 0.15) is 36.7 Å². The Morgan fingerprint density at radius 1 is 1.36 bits per heavy atom. The number of imidazole rings is 1. The monoisotopic (exact) mass is 311 g/mol. The molecule has 1 aliphatic rings. The molecular formula is C16H20F3N3. The Morgan fingerprint density at radius 3 is 2.82 bits per heavy atom. The zero-order valence-corrected chi connectivity index (χ0v) is 12.8. The molecule has 0 aliphatic carbocycles. The molecule has 3 rings (SSSR count). The van der Waals surface area contributed by atoms with E-state index in [1.807, 2.05) is 0 Å². The summed E-state index contributed by atoms with van der Waals surface area (Å²) in [5.41, 5.74) is 0.528. The molecule has 1 atom stereocenters. The number of aromatic nitrogens is 2. The lowest BCUT2D eigenvalue weighted by atomic mass is 9.99. The summed E-state index contributed by atoms with van der Waals surface area (Å²) in [6, 6.07) is 3.05. The van der Waals surface area contributed by atoms with Crippen LogP contribution in [-0.4, -0.2) is 28.0 Å². The molecule has 3 nitrogen and oxygen atoms in total. The van der Waals surface area contributed by atoms with Crippen LogP contribution in [-0.2, 0) is 12.7 Å². The summed E-state index contributed by atoms with van der Waals surface area (Å²) < 4.78 is 39.8. The van der Waals surface area contributed by atoms with Gasteiger partial charge in [-0.05, 0) is 49.9 Å². The number of nitrogens with one attached hydrogen (secondary N) is 1. The summed E-state index contributed by atoms with van der Waals surface area (Å²) in [6.07, 6.45) is -2.08. The number of piperidine rings is 1. The molecule has 0 radical (unpaired) electrons. The molecule has 2 heterocycles. The number of hydrogen-bond donors (Lipinski definition) is 1. The number of nitrogens with zero attached hydrogens (tertiary/aromatic N) is 2. The van der Waals surface area contributed by atoms with Gasteiger partial charge in [-0.1, -0.05) is 6.92 Å². The van der Waals surface area contributed by atoms with E-state index in [4.69, 9.17) is 0 Å². The van der Waals surface area contributed by atoms with Crippen molar-refractivity contribution in [2.75, 3.05) is 13.1 Å². The summed E-state index contributed by atoms with van der Waals surface area (Å²) in [5, 5.41) is 0. The average molecular weight is 311 g/mol. The lowest BCUT2D eigenvalue weighted by Crippen LogP contribution is -2.33. The number of fused-ring (bicyclic) bond motifs is 1. The smallest absolute Gasteiger partial charge is 0.342 e. The summed E-state index contributed by atoms with van der Waals surface area (Å²) in [5.74, 6) is 1.11. The van der Waals surface area contributed by atoms with E-state index < -0.39 is 11.7 Å². The molecule has 0 amide bonds. The Hall–Kier alpha value is -1.56. The van der Waals surface area contributed by atoms with Crippen LogP contribution in [0.3, 0.4) is 0 Å². The molecular weight excluding hydrogens is 291 g/mol. The minimum absolute atomic E-state index is 0.0146. The van der Waals surface area contributed by atoms with E-state index >= 15 is 0 Å². The molecule has 0 unspecified atom stereocenters. The zero-order valence-electron chi connectivity index (χ0n) is 12.8. The van der Waals surface area contributed by atoms with Gasteiger partial charge in [0.1, 0.15) is 11.3 Å². The van der Waals surface area contributed by atoms with Crippen LogP contribution < -0.4 is 0 Å². The van der Waals surface area contributed by atoms with Gasteiger partial charge in [-0.15, -0.1) is 0 Å². The third-order valence-electron chi connectivity index (χ3n) is 4.22. The highest BCUT2D eigenvalue weighted by molar-refractivity contribution is 5.80. The third kappa shape index (κ3) is 3.11. The number of benzene rings is 1. The average Bonchev–Trinajstić information content (AvgIpc) is 2.76. The van der Waals surface area contributed by atoms with Crippen LogP contribution in [0.2, 0.25) is 0 Å². The molecule has 120 valence electrons. The summed E-state index contributed by atoms with van der Waals surface area (Å²) in [6.45, 7) is 6.31. The number of aromatic amines is 1. The molecule has 0 bridgehead atoms. The topological polar surface area (TPSA) is 31.9 Å². The number of hydrogen-bond acceptors (Lipinski definition) is 2. The largest absolute Gasteiger partial charge is 0.418 e. The Kier molecular flexibility index (Phi) is 3.89. The fourth-order valence-electron chi connectivity index (χ4n) is 3.30. The summed E-state index contributed by atoms with van der Waals surface area (Å²) in [4.78, 5) is 9.15. The standard InChI is InChI=1S/C16H20F3N3/c1-10-4-3-5-22(8-10)9-12-6-13(16(17,18)19)15-14(7-12)20-11(2)21-15/h6-7,10H,3-5,8-9H2,1-2H3,(H,20,21)/t10-/m1/s1. The van der Waals surface area contributed by atoms with Crippen molar-refractivity contribution in [3.05, 3.63) is 29.1 Å². The van der Waals surface area contributed by atoms with Crippen LogP contribution in [0.5, 0.6) is 0 Å². The van der Waals surface area contributed by atoms with E-state index in [0.717, 1.165) is 19.5 Å². The number of rotatable bonds is 2. The van der Waals surface area contributed by atoms with Gasteiger partial charge in [0.25, 0.3) is 0 Å². The number of H-pyrrole nitrogens is 1. The summed E-state index contributed by atoms with van der Waals surface area (Å²) >= 11 is 0. The molecule has 0 spiro atoms. The molecule has 1 saturated heterocycles. The highest BCUT2D eigenvalue weighted by Gasteiger charge is 2.34. The van der Waals surface area contributed by atoms with Gasteiger partial charge >= 0.3 is 6.18 Å². The Bertz CT molecular complexity index is 675. The first-order chi connectivity index (χ1) is 10.3. The maximum absolute atomic E-state index is 13.3. The first kappa shape index (κ1) is 15.3. The van der Waals surface area contributed by atoms with Crippen molar-refractivity contribution in [3.63, 3.8) is 0 Å². The number of aryl methyl sites for hydroxylation is 1. The van der Waals surface area contributed by atoms with E-state index in [1.165, 1.54) is 12.5 Å². The second-order valence-electron chi connectivity index (χ2n) is 6.34. The van der Waals surface area contributed by atoms with Crippen LogP contribution >= 0.6 is 0 Å². The van der Waals surface area contributed by atoms with Gasteiger partial charge in [0, 0.05) is 13.1 Å². The van der Waals surface area contributed by atoms with Crippen molar-refractivity contribution in [1.82, 2.24) is 14.9 Å². The Morgan fingerprint density at radius 2 is 2.14 bits per heavy atom. The molecule has 1 aromatic carbocycles. The van der Waals surface area contributed by atoms with E-state index in [2.05, 4.69) is 21.8 Å². The predicted octanol–water partition coefficient (Wildman–Crippen LogP) is 4.12. The second kappa shape index (κ2) is 5.57. The van der Waals surface area contributed by atoms with E-state index in [-0.39, 0.29) is 5.52 Å². The first-order valence-corrected chi connectivity index (χ1v) is 7.61. The molecule has 0 saturated carbocycles. The minimum atomic E-state index is -4.38. The Labute approximate surface area is 127 Å². The predicted molar refractivity (Wildman–Crippen MR) is 79.5 cm³/mol. The highest BCUT2D eigenvalue weighted by atomic mass is 19.4. The maximum atomic E-state index is 13.3. The van der Waals surface area contributed by atoms with E-state index in [1.54, 1.807) is 13.0 Å². The molecule has 22 heavy (non-hydrogen) atoms.